The number of carbonyl (C=O) groups is 1. The highest BCUT2D eigenvalue weighted by Gasteiger charge is 2.20. The van der Waals surface area contributed by atoms with Crippen LogP contribution in [0.1, 0.15) is 19.8 Å². The van der Waals surface area contributed by atoms with Gasteiger partial charge in [0.2, 0.25) is 5.91 Å². The molecule has 1 saturated heterocycles. The highest BCUT2D eigenvalue weighted by atomic mass is 35.5. The fourth-order valence-corrected chi connectivity index (χ4v) is 2.01. The molecule has 1 rings (SSSR count). The lowest BCUT2D eigenvalue weighted by Gasteiger charge is -2.32. The van der Waals surface area contributed by atoms with E-state index in [1.54, 1.807) is 0 Å². The molecule has 1 amide bonds. The lowest BCUT2D eigenvalue weighted by Crippen LogP contribution is -2.45. The third-order valence-corrected chi connectivity index (χ3v) is 2.79. The molecular formula is C10H16ClN3O. The minimum absolute atomic E-state index is 0.0284. The minimum atomic E-state index is -0.428. The summed E-state index contributed by atoms with van der Waals surface area (Å²) in [4.78, 5) is 13.0. The molecule has 1 atom stereocenters. The van der Waals surface area contributed by atoms with Crippen LogP contribution in [0.3, 0.4) is 0 Å². The van der Waals surface area contributed by atoms with Gasteiger partial charge in [0, 0.05) is 32.6 Å². The molecule has 1 fully saturated rings. The summed E-state index contributed by atoms with van der Waals surface area (Å²) < 4.78 is 0. The standard InChI is InChI=1S/C10H16ClN3O/c1-8(15)13-10-2-4-14(5-3-10)7-9(11)6-12/h9-10H,2-5,7H2,1H3,(H,13,15). The molecule has 0 aromatic carbocycles. The molecule has 4 nitrogen and oxygen atoms in total. The first-order valence-corrected chi connectivity index (χ1v) is 5.58. The van der Waals surface area contributed by atoms with Gasteiger partial charge in [-0.15, -0.1) is 11.6 Å². The molecule has 1 N–H and O–H groups in total. The quantitative estimate of drug-likeness (QED) is 0.726. The van der Waals surface area contributed by atoms with Crippen LogP contribution in [0.4, 0.5) is 0 Å². The predicted octanol–water partition coefficient (Wildman–Crippen LogP) is 0.718. The fourth-order valence-electron chi connectivity index (χ4n) is 1.81. The van der Waals surface area contributed by atoms with Crippen molar-refractivity contribution in [2.24, 2.45) is 0 Å². The van der Waals surface area contributed by atoms with E-state index in [-0.39, 0.29) is 11.9 Å². The van der Waals surface area contributed by atoms with Gasteiger partial charge in [0.15, 0.2) is 0 Å². The van der Waals surface area contributed by atoms with Crippen molar-refractivity contribution >= 4 is 17.5 Å². The van der Waals surface area contributed by atoms with Crippen molar-refractivity contribution < 1.29 is 4.79 Å². The Morgan fingerprint density at radius 2 is 2.27 bits per heavy atom. The van der Waals surface area contributed by atoms with Gasteiger partial charge in [-0.25, -0.2) is 0 Å². The normalized spacial score (nSPS) is 20.6. The number of alkyl halides is 1. The lowest BCUT2D eigenvalue weighted by molar-refractivity contribution is -0.119. The van der Waals surface area contributed by atoms with E-state index in [2.05, 4.69) is 10.2 Å². The van der Waals surface area contributed by atoms with Crippen LogP contribution in [0.5, 0.6) is 0 Å². The van der Waals surface area contributed by atoms with Gasteiger partial charge >= 0.3 is 0 Å². The molecule has 0 aliphatic carbocycles. The van der Waals surface area contributed by atoms with Crippen LogP contribution in [0.2, 0.25) is 0 Å². The van der Waals surface area contributed by atoms with Gasteiger partial charge < -0.3 is 10.2 Å². The van der Waals surface area contributed by atoms with Crippen LogP contribution in [0.25, 0.3) is 0 Å². The third-order valence-electron chi connectivity index (χ3n) is 2.55. The monoisotopic (exact) mass is 229 g/mol. The van der Waals surface area contributed by atoms with Gasteiger partial charge in [0.1, 0.15) is 5.38 Å². The number of nitrogens with one attached hydrogen (secondary N) is 1. The van der Waals surface area contributed by atoms with E-state index in [1.165, 1.54) is 6.92 Å². The van der Waals surface area contributed by atoms with Gasteiger partial charge in [-0.3, -0.25) is 4.79 Å². The van der Waals surface area contributed by atoms with Crippen molar-refractivity contribution in [2.45, 2.75) is 31.2 Å². The molecule has 0 saturated carbocycles. The maximum Gasteiger partial charge on any atom is 0.217 e. The minimum Gasteiger partial charge on any atom is -0.354 e. The second kappa shape index (κ2) is 5.94. The van der Waals surface area contributed by atoms with Gasteiger partial charge in [0.25, 0.3) is 0 Å². The molecule has 1 aliphatic heterocycles. The SMILES string of the molecule is CC(=O)NC1CCN(CC(Cl)C#N)CC1. The van der Waals surface area contributed by atoms with E-state index in [1.807, 2.05) is 6.07 Å². The zero-order valence-corrected chi connectivity index (χ0v) is 9.63. The maximum atomic E-state index is 10.8. The van der Waals surface area contributed by atoms with Gasteiger partial charge in [0.05, 0.1) is 6.07 Å². The van der Waals surface area contributed by atoms with Crippen LogP contribution in [0.15, 0.2) is 0 Å². The molecule has 0 aromatic rings. The average Bonchev–Trinajstić information content (AvgIpc) is 2.20. The molecule has 5 heteroatoms. The van der Waals surface area contributed by atoms with E-state index >= 15 is 0 Å². The highest BCUT2D eigenvalue weighted by Crippen LogP contribution is 2.11. The van der Waals surface area contributed by atoms with Crippen LogP contribution in [-0.2, 0) is 4.79 Å². The van der Waals surface area contributed by atoms with Crippen molar-refractivity contribution in [1.82, 2.24) is 10.2 Å². The second-order valence-electron chi connectivity index (χ2n) is 3.87. The van der Waals surface area contributed by atoms with Crippen molar-refractivity contribution in [3.05, 3.63) is 0 Å². The number of hydrogen-bond donors (Lipinski definition) is 1. The number of rotatable bonds is 3. The van der Waals surface area contributed by atoms with E-state index in [0.29, 0.717) is 6.54 Å². The fraction of sp³-hybridized carbons (Fsp3) is 0.800. The molecule has 15 heavy (non-hydrogen) atoms. The molecule has 1 unspecified atom stereocenters. The Morgan fingerprint density at radius 1 is 1.67 bits per heavy atom. The Labute approximate surface area is 95.2 Å². The summed E-state index contributed by atoms with van der Waals surface area (Å²) in [6, 6.07) is 2.30. The topological polar surface area (TPSA) is 56.1 Å². The molecule has 1 aliphatic rings. The number of halogens is 1. The third kappa shape index (κ3) is 4.50. The number of amides is 1. The summed E-state index contributed by atoms with van der Waals surface area (Å²) in [6.45, 7) is 3.95. The lowest BCUT2D eigenvalue weighted by atomic mass is 10.0. The number of carbonyl (C=O) groups excluding carboxylic acids is 1. The molecule has 0 spiro atoms. The number of nitrogens with zero attached hydrogens (tertiary/aromatic N) is 2. The molecule has 1 heterocycles. The molecule has 0 radical (unpaired) electrons. The molecule has 84 valence electrons. The Morgan fingerprint density at radius 3 is 2.73 bits per heavy atom. The molecule has 0 aromatic heterocycles. The first-order chi connectivity index (χ1) is 7.11. The number of piperidine rings is 1. The van der Waals surface area contributed by atoms with Crippen molar-refractivity contribution in [3.63, 3.8) is 0 Å². The first-order valence-electron chi connectivity index (χ1n) is 5.15. The Kier molecular flexibility index (Phi) is 4.86. The van der Waals surface area contributed by atoms with E-state index in [4.69, 9.17) is 16.9 Å². The van der Waals surface area contributed by atoms with Crippen molar-refractivity contribution in [3.8, 4) is 6.07 Å². The number of nitriles is 1. The zero-order valence-electron chi connectivity index (χ0n) is 8.87. The van der Waals surface area contributed by atoms with E-state index in [9.17, 15) is 4.79 Å². The first kappa shape index (κ1) is 12.3. The number of hydrogen-bond acceptors (Lipinski definition) is 3. The van der Waals surface area contributed by atoms with Gasteiger partial charge in [-0.1, -0.05) is 0 Å². The maximum absolute atomic E-state index is 10.8. The predicted molar refractivity (Wildman–Crippen MR) is 58.5 cm³/mol. The summed E-state index contributed by atoms with van der Waals surface area (Å²) in [6.07, 6.45) is 1.88. The van der Waals surface area contributed by atoms with Gasteiger partial charge in [-0.05, 0) is 12.8 Å². The summed E-state index contributed by atoms with van der Waals surface area (Å²) in [7, 11) is 0. The summed E-state index contributed by atoms with van der Waals surface area (Å²) in [5.74, 6) is 0.0284. The van der Waals surface area contributed by atoms with E-state index in [0.717, 1.165) is 25.9 Å². The van der Waals surface area contributed by atoms with Crippen LogP contribution in [0, 0.1) is 11.3 Å². The average molecular weight is 230 g/mol. The molecular weight excluding hydrogens is 214 g/mol. The van der Waals surface area contributed by atoms with Crippen molar-refractivity contribution in [2.75, 3.05) is 19.6 Å². The Bertz CT molecular complexity index is 256. The van der Waals surface area contributed by atoms with Gasteiger partial charge in [-0.2, -0.15) is 5.26 Å². The Balaban J connectivity index is 2.24. The largest absolute Gasteiger partial charge is 0.354 e. The smallest absolute Gasteiger partial charge is 0.217 e. The summed E-state index contributed by atoms with van der Waals surface area (Å²) >= 11 is 5.75. The Hall–Kier alpha value is -0.790. The zero-order chi connectivity index (χ0) is 11.3. The van der Waals surface area contributed by atoms with E-state index < -0.39 is 5.38 Å². The van der Waals surface area contributed by atoms with Crippen LogP contribution < -0.4 is 5.32 Å². The van der Waals surface area contributed by atoms with Crippen LogP contribution in [-0.4, -0.2) is 41.9 Å². The number of likely N-dealkylation sites (tertiary alicyclic amines) is 1. The summed E-state index contributed by atoms with van der Waals surface area (Å²) in [5.41, 5.74) is 0. The highest BCUT2D eigenvalue weighted by molar-refractivity contribution is 6.22. The van der Waals surface area contributed by atoms with Crippen molar-refractivity contribution in [1.29, 1.82) is 5.26 Å². The second-order valence-corrected chi connectivity index (χ2v) is 4.40. The summed E-state index contributed by atoms with van der Waals surface area (Å²) in [5, 5.41) is 11.0. The molecule has 0 bridgehead atoms. The van der Waals surface area contributed by atoms with Crippen LogP contribution >= 0.6 is 11.6 Å².